The molecule has 0 saturated carbocycles. The van der Waals surface area contributed by atoms with E-state index >= 15 is 0 Å². The first-order chi connectivity index (χ1) is 7.58. The van der Waals surface area contributed by atoms with E-state index in [0.29, 0.717) is 0 Å². The molecule has 16 heavy (non-hydrogen) atoms. The first-order valence-electron chi connectivity index (χ1n) is 5.20. The molecule has 0 fully saturated rings. The minimum atomic E-state index is -0.0594. The summed E-state index contributed by atoms with van der Waals surface area (Å²) in [6.45, 7) is 0.780. The van der Waals surface area contributed by atoms with Crippen molar-refractivity contribution in [2.45, 2.75) is 6.04 Å². The fourth-order valence-corrected chi connectivity index (χ4v) is 1.62. The zero-order chi connectivity index (χ0) is 12.1. The molecule has 90 valence electrons. The van der Waals surface area contributed by atoms with Crippen molar-refractivity contribution in [1.29, 1.82) is 0 Å². The van der Waals surface area contributed by atoms with Gasteiger partial charge in [-0.25, -0.2) is 0 Å². The van der Waals surface area contributed by atoms with Crippen LogP contribution in [-0.4, -0.2) is 39.8 Å². The normalized spacial score (nSPS) is 12.6. The number of likely N-dealkylation sites (N-methyl/N-ethyl adjacent to an activating group) is 1. The lowest BCUT2D eigenvalue weighted by molar-refractivity contribution is 0.359. The van der Waals surface area contributed by atoms with Crippen molar-refractivity contribution >= 4 is 0 Å². The van der Waals surface area contributed by atoms with Crippen molar-refractivity contribution in [3.63, 3.8) is 0 Å². The predicted molar refractivity (Wildman–Crippen MR) is 65.0 cm³/mol. The lowest BCUT2D eigenvalue weighted by Crippen LogP contribution is -2.26. The van der Waals surface area contributed by atoms with E-state index in [0.717, 1.165) is 23.6 Å². The molecule has 0 amide bonds. The molecule has 0 radical (unpaired) electrons. The van der Waals surface area contributed by atoms with Crippen molar-refractivity contribution in [3.8, 4) is 11.5 Å². The van der Waals surface area contributed by atoms with Crippen molar-refractivity contribution < 1.29 is 9.47 Å². The molecule has 1 atom stereocenters. The Morgan fingerprint density at radius 2 is 1.94 bits per heavy atom. The molecule has 0 spiro atoms. The number of nitrogens with zero attached hydrogens (tertiary/aromatic N) is 1. The number of benzene rings is 1. The summed E-state index contributed by atoms with van der Waals surface area (Å²) in [7, 11) is 7.26. The predicted octanol–water partition coefficient (Wildman–Crippen LogP) is 1.27. The number of rotatable bonds is 5. The van der Waals surface area contributed by atoms with Crippen LogP contribution in [-0.2, 0) is 0 Å². The van der Waals surface area contributed by atoms with Crippen LogP contribution in [0.5, 0.6) is 11.5 Å². The van der Waals surface area contributed by atoms with E-state index < -0.39 is 0 Å². The van der Waals surface area contributed by atoms with Gasteiger partial charge in [0.25, 0.3) is 0 Å². The first-order valence-corrected chi connectivity index (χ1v) is 5.20. The average Bonchev–Trinajstić information content (AvgIpc) is 2.27. The highest BCUT2D eigenvalue weighted by atomic mass is 16.5. The van der Waals surface area contributed by atoms with E-state index in [2.05, 4.69) is 0 Å². The topological polar surface area (TPSA) is 47.7 Å². The van der Waals surface area contributed by atoms with Crippen molar-refractivity contribution in [1.82, 2.24) is 4.90 Å². The molecule has 2 N–H and O–H groups in total. The van der Waals surface area contributed by atoms with Gasteiger partial charge in [0.15, 0.2) is 0 Å². The van der Waals surface area contributed by atoms with Crippen LogP contribution in [0.3, 0.4) is 0 Å². The molecule has 1 unspecified atom stereocenters. The fraction of sp³-hybridized carbons (Fsp3) is 0.500. The van der Waals surface area contributed by atoms with Gasteiger partial charge in [-0.3, -0.25) is 0 Å². The summed E-state index contributed by atoms with van der Waals surface area (Å²) >= 11 is 0. The third-order valence-corrected chi connectivity index (χ3v) is 2.40. The highest BCUT2D eigenvalue weighted by Crippen LogP contribution is 2.28. The van der Waals surface area contributed by atoms with Crippen molar-refractivity contribution in [2.75, 3.05) is 34.9 Å². The summed E-state index contributed by atoms with van der Waals surface area (Å²) < 4.78 is 10.5. The van der Waals surface area contributed by atoms with Crippen LogP contribution in [0.1, 0.15) is 11.6 Å². The van der Waals surface area contributed by atoms with Gasteiger partial charge in [-0.15, -0.1) is 0 Å². The van der Waals surface area contributed by atoms with E-state index in [9.17, 15) is 0 Å². The number of ether oxygens (including phenoxy) is 2. The minimum absolute atomic E-state index is 0.0594. The van der Waals surface area contributed by atoms with Crippen LogP contribution in [0.4, 0.5) is 0 Å². The Hall–Kier alpha value is -1.26. The molecule has 0 aromatic heterocycles. The summed E-state index contributed by atoms with van der Waals surface area (Å²) in [6, 6.07) is 5.64. The summed E-state index contributed by atoms with van der Waals surface area (Å²) in [5.74, 6) is 1.55. The Bertz CT molecular complexity index is 340. The van der Waals surface area contributed by atoms with Crippen LogP contribution < -0.4 is 15.2 Å². The van der Waals surface area contributed by atoms with Gasteiger partial charge in [-0.1, -0.05) is 6.07 Å². The smallest absolute Gasteiger partial charge is 0.127 e. The summed E-state index contributed by atoms with van der Waals surface area (Å²) in [5, 5.41) is 0. The Morgan fingerprint density at radius 1 is 1.25 bits per heavy atom. The monoisotopic (exact) mass is 224 g/mol. The quantitative estimate of drug-likeness (QED) is 0.818. The molecule has 0 heterocycles. The summed E-state index contributed by atoms with van der Waals surface area (Å²) in [4.78, 5) is 2.05. The second-order valence-corrected chi connectivity index (χ2v) is 3.98. The van der Waals surface area contributed by atoms with E-state index in [1.165, 1.54) is 0 Å². The highest BCUT2D eigenvalue weighted by Gasteiger charge is 2.13. The van der Waals surface area contributed by atoms with Gasteiger partial charge in [0, 0.05) is 24.2 Å². The maximum absolute atomic E-state index is 6.10. The molecule has 1 aromatic carbocycles. The molecule has 1 rings (SSSR count). The summed E-state index contributed by atoms with van der Waals surface area (Å²) in [6.07, 6.45) is 0. The fourth-order valence-electron chi connectivity index (χ4n) is 1.62. The van der Waals surface area contributed by atoms with Crippen LogP contribution in [0, 0.1) is 0 Å². The van der Waals surface area contributed by atoms with Crippen LogP contribution in [0.15, 0.2) is 18.2 Å². The van der Waals surface area contributed by atoms with Gasteiger partial charge in [-0.2, -0.15) is 0 Å². The lowest BCUT2D eigenvalue weighted by atomic mass is 10.1. The molecule has 4 nitrogen and oxygen atoms in total. The molecule has 0 aliphatic rings. The molecular formula is C12H20N2O2. The molecular weight excluding hydrogens is 204 g/mol. The van der Waals surface area contributed by atoms with Crippen molar-refractivity contribution in [2.24, 2.45) is 5.73 Å². The van der Waals surface area contributed by atoms with Gasteiger partial charge in [0.05, 0.1) is 14.2 Å². The third-order valence-electron chi connectivity index (χ3n) is 2.40. The number of hydrogen-bond donors (Lipinski definition) is 1. The standard InChI is InChI=1S/C12H20N2O2/c1-14(2)8-11(13)10-6-5-9(15-3)7-12(10)16-4/h5-7,11H,8,13H2,1-4H3. The van der Waals surface area contributed by atoms with Crippen LogP contribution in [0.25, 0.3) is 0 Å². The van der Waals surface area contributed by atoms with E-state index in [1.54, 1.807) is 14.2 Å². The lowest BCUT2D eigenvalue weighted by Gasteiger charge is -2.19. The van der Waals surface area contributed by atoms with E-state index in [4.69, 9.17) is 15.2 Å². The zero-order valence-electron chi connectivity index (χ0n) is 10.4. The average molecular weight is 224 g/mol. The molecule has 1 aromatic rings. The maximum atomic E-state index is 6.10. The number of nitrogens with two attached hydrogens (primary N) is 1. The van der Waals surface area contributed by atoms with Crippen LogP contribution in [0.2, 0.25) is 0 Å². The van der Waals surface area contributed by atoms with Gasteiger partial charge in [0.2, 0.25) is 0 Å². The molecule has 0 bridgehead atoms. The summed E-state index contributed by atoms with van der Waals surface area (Å²) in [5.41, 5.74) is 7.10. The molecule has 4 heteroatoms. The van der Waals surface area contributed by atoms with Crippen molar-refractivity contribution in [3.05, 3.63) is 23.8 Å². The SMILES string of the molecule is COc1ccc(C(N)CN(C)C)c(OC)c1. The van der Waals surface area contributed by atoms with Gasteiger partial charge >= 0.3 is 0 Å². The molecule has 0 aliphatic heterocycles. The van der Waals surface area contributed by atoms with E-state index in [1.807, 2.05) is 37.2 Å². The van der Waals surface area contributed by atoms with Gasteiger partial charge in [0.1, 0.15) is 11.5 Å². The Balaban J connectivity index is 2.94. The Morgan fingerprint density at radius 3 is 2.44 bits per heavy atom. The highest BCUT2D eigenvalue weighted by molar-refractivity contribution is 5.42. The Labute approximate surface area is 96.9 Å². The third kappa shape index (κ3) is 3.12. The van der Waals surface area contributed by atoms with Crippen LogP contribution >= 0.6 is 0 Å². The Kier molecular flexibility index (Phi) is 4.58. The minimum Gasteiger partial charge on any atom is -0.497 e. The molecule has 0 aliphatic carbocycles. The second-order valence-electron chi connectivity index (χ2n) is 3.98. The van der Waals surface area contributed by atoms with Gasteiger partial charge < -0.3 is 20.1 Å². The molecule has 0 saturated heterocycles. The van der Waals surface area contributed by atoms with Gasteiger partial charge in [-0.05, 0) is 20.2 Å². The van der Waals surface area contributed by atoms with E-state index in [-0.39, 0.29) is 6.04 Å². The number of hydrogen-bond acceptors (Lipinski definition) is 4. The maximum Gasteiger partial charge on any atom is 0.127 e. The first kappa shape index (κ1) is 12.8. The second kappa shape index (κ2) is 5.72. The number of methoxy groups -OCH3 is 2. The zero-order valence-corrected chi connectivity index (χ0v) is 10.4. The largest absolute Gasteiger partial charge is 0.497 e.